The third kappa shape index (κ3) is 5.44. The molecule has 2 N–H and O–H groups in total. The van der Waals surface area contributed by atoms with Gasteiger partial charge < -0.3 is 10.4 Å². The number of carbonyl (C=O) groups excluding carboxylic acids is 1. The molecule has 0 heterocycles. The molecular formula is C19H23BrN2O2. The molecule has 0 aliphatic carbocycles. The van der Waals surface area contributed by atoms with Crippen LogP contribution in [-0.2, 0) is 11.3 Å². The number of likely N-dealkylation sites (N-methyl/N-ethyl adjacent to an activating group) is 1. The van der Waals surface area contributed by atoms with E-state index >= 15 is 0 Å². The van der Waals surface area contributed by atoms with Gasteiger partial charge in [0, 0.05) is 24.5 Å². The van der Waals surface area contributed by atoms with Crippen molar-refractivity contribution in [2.24, 2.45) is 0 Å². The maximum absolute atomic E-state index is 11.3. The molecule has 0 fully saturated rings. The van der Waals surface area contributed by atoms with Crippen molar-refractivity contribution in [3.05, 3.63) is 64.1 Å². The normalized spacial score (nSPS) is 12.2. The number of hydrogen-bond donors (Lipinski definition) is 2. The number of rotatable bonds is 7. The maximum atomic E-state index is 11.3. The molecule has 0 spiro atoms. The first kappa shape index (κ1) is 18.6. The molecule has 0 aliphatic heterocycles. The molecule has 2 aromatic carbocycles. The SMILES string of the molecule is CCN(Cc1ccccc1)CC(O)c1ccc(Br)c(NC(C)=O)c1. The van der Waals surface area contributed by atoms with Crippen molar-refractivity contribution in [2.45, 2.75) is 26.5 Å². The maximum Gasteiger partial charge on any atom is 0.221 e. The van der Waals surface area contributed by atoms with Crippen LogP contribution in [0.4, 0.5) is 5.69 Å². The van der Waals surface area contributed by atoms with Crippen molar-refractivity contribution in [1.29, 1.82) is 0 Å². The number of carbonyl (C=O) groups is 1. The number of halogens is 1. The number of benzene rings is 2. The zero-order valence-corrected chi connectivity index (χ0v) is 15.6. The van der Waals surface area contributed by atoms with E-state index in [1.807, 2.05) is 36.4 Å². The summed E-state index contributed by atoms with van der Waals surface area (Å²) in [6, 6.07) is 15.7. The molecule has 1 amide bonds. The summed E-state index contributed by atoms with van der Waals surface area (Å²) in [7, 11) is 0. The molecule has 128 valence electrons. The number of aliphatic hydroxyl groups is 1. The van der Waals surface area contributed by atoms with Crippen LogP contribution < -0.4 is 5.32 Å². The first-order valence-corrected chi connectivity index (χ1v) is 8.80. The largest absolute Gasteiger partial charge is 0.387 e. The Hall–Kier alpha value is -1.69. The first-order valence-electron chi connectivity index (χ1n) is 8.01. The zero-order chi connectivity index (χ0) is 17.5. The van der Waals surface area contributed by atoms with Crippen LogP contribution in [0.5, 0.6) is 0 Å². The highest BCUT2D eigenvalue weighted by molar-refractivity contribution is 9.10. The minimum atomic E-state index is -0.616. The highest BCUT2D eigenvalue weighted by Gasteiger charge is 2.14. The van der Waals surface area contributed by atoms with E-state index in [1.54, 1.807) is 0 Å². The highest BCUT2D eigenvalue weighted by atomic mass is 79.9. The van der Waals surface area contributed by atoms with Gasteiger partial charge in [-0.15, -0.1) is 0 Å². The fourth-order valence-corrected chi connectivity index (χ4v) is 2.88. The average Bonchev–Trinajstić information content (AvgIpc) is 2.56. The second-order valence-corrected chi connectivity index (χ2v) is 6.60. The second kappa shape index (κ2) is 8.97. The summed E-state index contributed by atoms with van der Waals surface area (Å²) in [5.74, 6) is -0.137. The summed E-state index contributed by atoms with van der Waals surface area (Å²) in [6.07, 6.45) is -0.616. The van der Waals surface area contributed by atoms with Gasteiger partial charge in [0.2, 0.25) is 5.91 Å². The lowest BCUT2D eigenvalue weighted by molar-refractivity contribution is -0.114. The number of nitrogens with zero attached hydrogens (tertiary/aromatic N) is 1. The molecule has 0 radical (unpaired) electrons. The van der Waals surface area contributed by atoms with Crippen molar-refractivity contribution < 1.29 is 9.90 Å². The Balaban J connectivity index is 2.07. The molecular weight excluding hydrogens is 368 g/mol. The van der Waals surface area contributed by atoms with Gasteiger partial charge in [-0.2, -0.15) is 0 Å². The van der Waals surface area contributed by atoms with Crippen LogP contribution in [0.3, 0.4) is 0 Å². The fraction of sp³-hybridized carbons (Fsp3) is 0.316. The Labute approximate surface area is 151 Å². The minimum Gasteiger partial charge on any atom is -0.387 e. The van der Waals surface area contributed by atoms with Gasteiger partial charge in [-0.3, -0.25) is 9.69 Å². The van der Waals surface area contributed by atoms with E-state index in [0.29, 0.717) is 12.2 Å². The summed E-state index contributed by atoms with van der Waals surface area (Å²) in [4.78, 5) is 13.5. The third-order valence-corrected chi connectivity index (χ3v) is 4.50. The van der Waals surface area contributed by atoms with E-state index in [9.17, 15) is 9.90 Å². The molecule has 0 aromatic heterocycles. The lowest BCUT2D eigenvalue weighted by Gasteiger charge is -2.24. The van der Waals surface area contributed by atoms with E-state index in [4.69, 9.17) is 0 Å². The molecule has 1 unspecified atom stereocenters. The summed E-state index contributed by atoms with van der Waals surface area (Å²) in [5.41, 5.74) is 2.68. The van der Waals surface area contributed by atoms with Gasteiger partial charge in [-0.1, -0.05) is 43.3 Å². The lowest BCUT2D eigenvalue weighted by Crippen LogP contribution is -2.28. The average molecular weight is 391 g/mol. The molecule has 4 nitrogen and oxygen atoms in total. The Morgan fingerprint density at radius 3 is 2.58 bits per heavy atom. The van der Waals surface area contributed by atoms with Gasteiger partial charge in [0.05, 0.1) is 11.8 Å². The highest BCUT2D eigenvalue weighted by Crippen LogP contribution is 2.27. The molecule has 24 heavy (non-hydrogen) atoms. The Morgan fingerprint density at radius 2 is 1.96 bits per heavy atom. The Morgan fingerprint density at radius 1 is 1.25 bits per heavy atom. The van der Waals surface area contributed by atoms with Gasteiger partial charge in [-0.05, 0) is 45.7 Å². The van der Waals surface area contributed by atoms with Crippen LogP contribution in [0.15, 0.2) is 53.0 Å². The number of anilines is 1. The monoisotopic (exact) mass is 390 g/mol. The molecule has 0 saturated heterocycles. The van der Waals surface area contributed by atoms with Gasteiger partial charge in [0.15, 0.2) is 0 Å². The van der Waals surface area contributed by atoms with Crippen LogP contribution >= 0.6 is 15.9 Å². The summed E-state index contributed by atoms with van der Waals surface area (Å²) in [5, 5.41) is 13.3. The van der Waals surface area contributed by atoms with Gasteiger partial charge >= 0.3 is 0 Å². The Kier molecular flexibility index (Phi) is 6.97. The molecule has 1 atom stereocenters. The number of aliphatic hydroxyl groups excluding tert-OH is 1. The minimum absolute atomic E-state index is 0.137. The quantitative estimate of drug-likeness (QED) is 0.751. The van der Waals surface area contributed by atoms with Crippen LogP contribution in [0.1, 0.15) is 31.1 Å². The smallest absolute Gasteiger partial charge is 0.221 e. The Bertz CT molecular complexity index is 676. The predicted molar refractivity (Wildman–Crippen MR) is 101 cm³/mol. The van der Waals surface area contributed by atoms with Gasteiger partial charge in [-0.25, -0.2) is 0 Å². The van der Waals surface area contributed by atoms with Gasteiger partial charge in [0.25, 0.3) is 0 Å². The number of nitrogens with one attached hydrogen (secondary N) is 1. The van der Waals surface area contributed by atoms with Crippen LogP contribution in [-0.4, -0.2) is 29.0 Å². The predicted octanol–water partition coefficient (Wildman–Crippen LogP) is 3.96. The van der Waals surface area contributed by atoms with Crippen molar-refractivity contribution in [3.63, 3.8) is 0 Å². The van der Waals surface area contributed by atoms with E-state index in [1.165, 1.54) is 12.5 Å². The van der Waals surface area contributed by atoms with E-state index in [0.717, 1.165) is 23.1 Å². The van der Waals surface area contributed by atoms with E-state index in [2.05, 4.69) is 45.2 Å². The molecule has 0 bridgehead atoms. The molecule has 5 heteroatoms. The van der Waals surface area contributed by atoms with Crippen molar-refractivity contribution in [1.82, 2.24) is 4.90 Å². The zero-order valence-electron chi connectivity index (χ0n) is 14.0. The van der Waals surface area contributed by atoms with Crippen LogP contribution in [0.25, 0.3) is 0 Å². The number of hydrogen-bond acceptors (Lipinski definition) is 3. The van der Waals surface area contributed by atoms with Gasteiger partial charge in [0.1, 0.15) is 0 Å². The fourth-order valence-electron chi connectivity index (χ4n) is 2.53. The topological polar surface area (TPSA) is 52.6 Å². The summed E-state index contributed by atoms with van der Waals surface area (Å²) < 4.78 is 0.797. The summed E-state index contributed by atoms with van der Waals surface area (Å²) in [6.45, 7) is 5.73. The van der Waals surface area contributed by atoms with Crippen LogP contribution in [0, 0.1) is 0 Å². The van der Waals surface area contributed by atoms with Crippen molar-refractivity contribution in [2.75, 3.05) is 18.4 Å². The first-order chi connectivity index (χ1) is 11.5. The van der Waals surface area contributed by atoms with E-state index in [-0.39, 0.29) is 5.91 Å². The molecule has 2 aromatic rings. The van der Waals surface area contributed by atoms with Crippen molar-refractivity contribution in [3.8, 4) is 0 Å². The van der Waals surface area contributed by atoms with Crippen molar-refractivity contribution >= 4 is 27.5 Å². The lowest BCUT2D eigenvalue weighted by atomic mass is 10.1. The van der Waals surface area contributed by atoms with E-state index < -0.39 is 6.10 Å². The number of amides is 1. The molecule has 0 saturated carbocycles. The molecule has 0 aliphatic rings. The second-order valence-electron chi connectivity index (χ2n) is 5.75. The van der Waals surface area contributed by atoms with Crippen LogP contribution in [0.2, 0.25) is 0 Å². The standard InChI is InChI=1S/C19H23BrN2O2/c1-3-22(12-15-7-5-4-6-8-15)13-19(24)16-9-10-17(20)18(11-16)21-14(2)23/h4-11,19,24H,3,12-13H2,1-2H3,(H,21,23). The molecule has 2 rings (SSSR count). The summed E-state index contributed by atoms with van der Waals surface area (Å²) >= 11 is 3.41. The third-order valence-electron chi connectivity index (χ3n) is 3.81.